The highest BCUT2D eigenvalue weighted by Crippen LogP contribution is 2.30. The van der Waals surface area contributed by atoms with Gasteiger partial charge in [-0.1, -0.05) is 6.92 Å². The van der Waals surface area contributed by atoms with Crippen molar-refractivity contribution in [1.29, 1.82) is 0 Å². The highest BCUT2D eigenvalue weighted by molar-refractivity contribution is 5.85. The standard InChI is InChI=1S/C15H19NO4.ClH/c1-2-6-16-7-3-8-19-14-9-11-4-5-15(18)20-13(11)10-12(14)17;/h4-5,9-10,16-17H,2-3,6-8H2,1H3;1H. The Kier molecular flexibility index (Phi) is 7.05. The van der Waals surface area contributed by atoms with Gasteiger partial charge in [-0.15, -0.1) is 12.4 Å². The smallest absolute Gasteiger partial charge is 0.336 e. The van der Waals surface area contributed by atoms with Crippen molar-refractivity contribution in [3.63, 3.8) is 0 Å². The van der Waals surface area contributed by atoms with Crippen molar-refractivity contribution in [2.45, 2.75) is 19.8 Å². The Hall–Kier alpha value is -1.72. The average Bonchev–Trinajstić information content (AvgIpc) is 2.43. The van der Waals surface area contributed by atoms with Gasteiger partial charge in [-0.25, -0.2) is 4.79 Å². The van der Waals surface area contributed by atoms with E-state index in [0.717, 1.165) is 31.3 Å². The molecule has 1 aromatic heterocycles. The second kappa shape index (κ2) is 8.54. The van der Waals surface area contributed by atoms with Gasteiger partial charge in [-0.2, -0.15) is 0 Å². The van der Waals surface area contributed by atoms with E-state index in [1.165, 1.54) is 12.1 Å². The summed E-state index contributed by atoms with van der Waals surface area (Å²) in [6, 6.07) is 6.07. The molecule has 0 atom stereocenters. The maximum Gasteiger partial charge on any atom is 0.336 e. The lowest BCUT2D eigenvalue weighted by Gasteiger charge is -2.09. The first-order chi connectivity index (χ1) is 9.70. The van der Waals surface area contributed by atoms with Crippen LogP contribution in [0.1, 0.15) is 19.8 Å². The Bertz CT molecular complexity index is 627. The molecule has 116 valence electrons. The van der Waals surface area contributed by atoms with Crippen molar-refractivity contribution < 1.29 is 14.3 Å². The lowest BCUT2D eigenvalue weighted by molar-refractivity contribution is 0.292. The fourth-order valence-electron chi connectivity index (χ4n) is 1.88. The van der Waals surface area contributed by atoms with Crippen molar-refractivity contribution in [1.82, 2.24) is 5.32 Å². The van der Waals surface area contributed by atoms with Crippen LogP contribution in [0.25, 0.3) is 11.0 Å². The maximum absolute atomic E-state index is 11.1. The summed E-state index contributed by atoms with van der Waals surface area (Å²) < 4.78 is 10.5. The van der Waals surface area contributed by atoms with E-state index in [9.17, 15) is 9.90 Å². The second-order valence-corrected chi connectivity index (χ2v) is 4.56. The van der Waals surface area contributed by atoms with E-state index in [2.05, 4.69) is 12.2 Å². The van der Waals surface area contributed by atoms with Gasteiger partial charge < -0.3 is 19.6 Å². The quantitative estimate of drug-likeness (QED) is 0.607. The van der Waals surface area contributed by atoms with Gasteiger partial charge in [0.1, 0.15) is 5.58 Å². The highest BCUT2D eigenvalue weighted by atomic mass is 35.5. The van der Waals surface area contributed by atoms with Crippen LogP contribution >= 0.6 is 12.4 Å². The fraction of sp³-hybridized carbons (Fsp3) is 0.400. The molecule has 0 saturated heterocycles. The Morgan fingerprint density at radius 2 is 2.10 bits per heavy atom. The topological polar surface area (TPSA) is 71.7 Å². The van der Waals surface area contributed by atoms with Gasteiger partial charge in [0.2, 0.25) is 0 Å². The number of hydrogen-bond acceptors (Lipinski definition) is 5. The van der Waals surface area contributed by atoms with Crippen LogP contribution in [0.15, 0.2) is 33.5 Å². The number of aromatic hydroxyl groups is 1. The van der Waals surface area contributed by atoms with Gasteiger partial charge in [0.25, 0.3) is 0 Å². The predicted molar refractivity (Wildman–Crippen MR) is 84.7 cm³/mol. The highest BCUT2D eigenvalue weighted by Gasteiger charge is 2.07. The lowest BCUT2D eigenvalue weighted by Crippen LogP contribution is -2.18. The second-order valence-electron chi connectivity index (χ2n) is 4.56. The summed E-state index contributed by atoms with van der Waals surface area (Å²) in [5, 5.41) is 13.8. The van der Waals surface area contributed by atoms with Crippen molar-refractivity contribution >= 4 is 23.4 Å². The zero-order valence-electron chi connectivity index (χ0n) is 11.9. The molecule has 0 fully saturated rings. The largest absolute Gasteiger partial charge is 0.504 e. The molecule has 1 aromatic carbocycles. The summed E-state index contributed by atoms with van der Waals surface area (Å²) in [6.45, 7) is 4.53. The zero-order valence-corrected chi connectivity index (χ0v) is 12.7. The van der Waals surface area contributed by atoms with Crippen LogP contribution in [0.4, 0.5) is 0 Å². The van der Waals surface area contributed by atoms with E-state index in [4.69, 9.17) is 9.15 Å². The van der Waals surface area contributed by atoms with Crippen LogP contribution in [0.3, 0.4) is 0 Å². The monoisotopic (exact) mass is 313 g/mol. The Labute approximate surface area is 129 Å². The molecule has 0 amide bonds. The number of phenolic OH excluding ortho intramolecular Hbond substituents is 1. The van der Waals surface area contributed by atoms with Crippen LogP contribution in [0, 0.1) is 0 Å². The van der Waals surface area contributed by atoms with Gasteiger partial charge in [0.15, 0.2) is 11.5 Å². The molecule has 2 aromatic rings. The molecule has 0 aliphatic rings. The summed E-state index contributed by atoms with van der Waals surface area (Å²) in [5.74, 6) is 0.384. The zero-order chi connectivity index (χ0) is 14.4. The van der Waals surface area contributed by atoms with Crippen LogP contribution in [0.5, 0.6) is 11.5 Å². The first-order valence-electron chi connectivity index (χ1n) is 6.81. The average molecular weight is 314 g/mol. The van der Waals surface area contributed by atoms with Crippen molar-refractivity contribution in [2.75, 3.05) is 19.7 Å². The number of halogens is 1. The molecule has 5 nitrogen and oxygen atoms in total. The number of rotatable bonds is 7. The van der Waals surface area contributed by atoms with E-state index >= 15 is 0 Å². The van der Waals surface area contributed by atoms with Crippen LogP contribution in [-0.2, 0) is 0 Å². The molecule has 0 saturated carbocycles. The van der Waals surface area contributed by atoms with E-state index in [1.54, 1.807) is 12.1 Å². The van der Waals surface area contributed by atoms with E-state index < -0.39 is 5.63 Å². The van der Waals surface area contributed by atoms with Crippen molar-refractivity contribution in [3.05, 3.63) is 34.7 Å². The van der Waals surface area contributed by atoms with Crippen LogP contribution in [0.2, 0.25) is 0 Å². The number of ether oxygens (including phenoxy) is 1. The first kappa shape index (κ1) is 17.3. The van der Waals surface area contributed by atoms with Crippen molar-refractivity contribution in [3.8, 4) is 11.5 Å². The fourth-order valence-corrected chi connectivity index (χ4v) is 1.88. The Morgan fingerprint density at radius 3 is 2.86 bits per heavy atom. The number of hydrogen-bond donors (Lipinski definition) is 2. The molecule has 0 unspecified atom stereocenters. The lowest BCUT2D eigenvalue weighted by atomic mass is 10.2. The van der Waals surface area contributed by atoms with Gasteiger partial charge in [-0.05, 0) is 38.1 Å². The number of benzene rings is 1. The SMILES string of the molecule is CCCNCCCOc1cc2ccc(=O)oc2cc1O.Cl. The number of fused-ring (bicyclic) bond motifs is 1. The maximum atomic E-state index is 11.1. The van der Waals surface area contributed by atoms with Crippen LogP contribution in [-0.4, -0.2) is 24.8 Å². The summed E-state index contributed by atoms with van der Waals surface area (Å²) in [4.78, 5) is 11.1. The third-order valence-electron chi connectivity index (χ3n) is 2.88. The third-order valence-corrected chi connectivity index (χ3v) is 2.88. The Morgan fingerprint density at radius 1 is 1.29 bits per heavy atom. The molecule has 2 N–H and O–H groups in total. The summed E-state index contributed by atoms with van der Waals surface area (Å²) in [7, 11) is 0. The van der Waals surface area contributed by atoms with Crippen LogP contribution < -0.4 is 15.7 Å². The molecular formula is C15H20ClNO4. The summed E-state index contributed by atoms with van der Waals surface area (Å²) in [5.41, 5.74) is -0.0838. The molecule has 6 heteroatoms. The molecule has 21 heavy (non-hydrogen) atoms. The molecule has 0 radical (unpaired) electrons. The molecule has 1 heterocycles. The molecule has 2 rings (SSSR count). The molecule has 0 aliphatic carbocycles. The van der Waals surface area contributed by atoms with E-state index in [-0.39, 0.29) is 18.2 Å². The molecule has 0 aliphatic heterocycles. The first-order valence-corrected chi connectivity index (χ1v) is 6.81. The minimum absolute atomic E-state index is 0. The van der Waals surface area contributed by atoms with Gasteiger partial charge >= 0.3 is 5.63 Å². The predicted octanol–water partition coefficient (Wildman–Crippen LogP) is 2.69. The van der Waals surface area contributed by atoms with Gasteiger partial charge in [-0.3, -0.25) is 0 Å². The molecule has 0 spiro atoms. The number of phenols is 1. The molecule has 0 bridgehead atoms. The van der Waals surface area contributed by atoms with Gasteiger partial charge in [0, 0.05) is 17.5 Å². The number of nitrogens with one attached hydrogen (secondary N) is 1. The summed E-state index contributed by atoms with van der Waals surface area (Å²) >= 11 is 0. The minimum Gasteiger partial charge on any atom is -0.504 e. The van der Waals surface area contributed by atoms with Gasteiger partial charge in [0.05, 0.1) is 6.61 Å². The Balaban J connectivity index is 0.00000220. The normalized spacial score (nSPS) is 10.3. The summed E-state index contributed by atoms with van der Waals surface area (Å²) in [6.07, 6.45) is 1.97. The third kappa shape index (κ3) is 4.95. The van der Waals surface area contributed by atoms with E-state index in [0.29, 0.717) is 17.9 Å². The van der Waals surface area contributed by atoms with Crippen molar-refractivity contribution in [2.24, 2.45) is 0 Å². The van der Waals surface area contributed by atoms with E-state index in [1.807, 2.05) is 0 Å². The minimum atomic E-state index is -0.437. The molecular weight excluding hydrogens is 294 g/mol.